The van der Waals surface area contributed by atoms with E-state index in [-0.39, 0.29) is 11.6 Å². The van der Waals surface area contributed by atoms with Crippen LogP contribution in [0.25, 0.3) is 11.3 Å². The number of nitrogens with two attached hydrogens (primary N) is 1. The number of aromatic nitrogens is 2. The summed E-state index contributed by atoms with van der Waals surface area (Å²) in [6.07, 6.45) is 2.97. The lowest BCUT2D eigenvalue weighted by Crippen LogP contribution is -2.40. The normalized spacial score (nSPS) is 16.9. The average Bonchev–Trinajstić information content (AvgIpc) is 3.11. The summed E-state index contributed by atoms with van der Waals surface area (Å²) in [5.41, 5.74) is 8.43. The van der Waals surface area contributed by atoms with E-state index in [1.807, 2.05) is 26.8 Å². The van der Waals surface area contributed by atoms with Gasteiger partial charge in [0.1, 0.15) is 12.4 Å². The summed E-state index contributed by atoms with van der Waals surface area (Å²) in [6.45, 7) is 16.2. The number of nitrogens with zero attached hydrogens (tertiary/aromatic N) is 3. The van der Waals surface area contributed by atoms with Gasteiger partial charge in [0.05, 0.1) is 56.0 Å². The molecule has 2 aromatic rings. The van der Waals surface area contributed by atoms with Crippen LogP contribution in [0.3, 0.4) is 0 Å². The van der Waals surface area contributed by atoms with Gasteiger partial charge in [-0.3, -0.25) is 4.79 Å². The lowest BCUT2D eigenvalue weighted by atomic mass is 9.97. The zero-order valence-corrected chi connectivity index (χ0v) is 23.1. The number of ether oxygens (including phenoxy) is 4. The van der Waals surface area contributed by atoms with Gasteiger partial charge in [0.15, 0.2) is 0 Å². The second-order valence-corrected chi connectivity index (χ2v) is 10.5. The quantitative estimate of drug-likeness (QED) is 0.377. The largest absolute Gasteiger partial charge is 0.475 e. The highest BCUT2D eigenvalue weighted by molar-refractivity contribution is 5.98. The fourth-order valence-corrected chi connectivity index (χ4v) is 4.67. The van der Waals surface area contributed by atoms with E-state index in [1.165, 1.54) is 0 Å². The lowest BCUT2D eigenvalue weighted by Gasteiger charge is -2.33. The second kappa shape index (κ2) is 13.2. The summed E-state index contributed by atoms with van der Waals surface area (Å²) >= 11 is 0. The van der Waals surface area contributed by atoms with Gasteiger partial charge >= 0.3 is 0 Å². The highest BCUT2D eigenvalue weighted by atomic mass is 16.6. The Hall–Kier alpha value is -2.75. The topological polar surface area (TPSA) is 109 Å². The predicted molar refractivity (Wildman–Crippen MR) is 144 cm³/mol. The Morgan fingerprint density at radius 1 is 1.14 bits per heavy atom. The maximum absolute atomic E-state index is 12.3. The van der Waals surface area contributed by atoms with E-state index in [2.05, 4.69) is 30.7 Å². The summed E-state index contributed by atoms with van der Waals surface area (Å²) in [5, 5.41) is 0. The summed E-state index contributed by atoms with van der Waals surface area (Å²) in [6, 6.07) is 5.54. The number of hydrogen-bond acceptors (Lipinski definition) is 8. The van der Waals surface area contributed by atoms with Crippen molar-refractivity contribution < 1.29 is 23.7 Å². The molecule has 0 bridgehead atoms. The van der Waals surface area contributed by atoms with E-state index in [0.29, 0.717) is 68.5 Å². The minimum Gasteiger partial charge on any atom is -0.475 e. The first-order valence-corrected chi connectivity index (χ1v) is 13.0. The van der Waals surface area contributed by atoms with Crippen LogP contribution in [0.2, 0.25) is 0 Å². The van der Waals surface area contributed by atoms with E-state index in [0.717, 1.165) is 24.1 Å². The SMILES string of the molecule is Cc1cnc(OCCOCCOCCOC(C)C)c(-c2ccc(C(N)=O)c(N3C[C@@H](C)CC3(C)C)n2)c1. The highest BCUT2D eigenvalue weighted by Crippen LogP contribution is 2.39. The van der Waals surface area contributed by atoms with Gasteiger partial charge in [-0.15, -0.1) is 0 Å². The molecule has 9 nitrogen and oxygen atoms in total. The van der Waals surface area contributed by atoms with Crippen LogP contribution in [0, 0.1) is 12.8 Å². The number of anilines is 1. The maximum Gasteiger partial charge on any atom is 0.252 e. The molecular formula is C28H42N4O5. The van der Waals surface area contributed by atoms with Crippen molar-refractivity contribution in [3.63, 3.8) is 0 Å². The number of primary amides is 1. The molecule has 9 heteroatoms. The first kappa shape index (κ1) is 28.8. The molecule has 0 radical (unpaired) electrons. The molecule has 3 rings (SSSR count). The standard InChI is InChI=1S/C28H42N4O5/c1-19(2)36-13-11-34-9-10-35-12-14-37-27-23(15-20(3)17-30-27)24-8-7-22(25(29)33)26(31-24)32-18-21(4)16-28(32,5)6/h7-8,15,17,19,21H,9-14,16,18H2,1-6H3,(H2,29,33)/t21-/m0/s1. The monoisotopic (exact) mass is 514 g/mol. The van der Waals surface area contributed by atoms with Gasteiger partial charge in [0.2, 0.25) is 5.88 Å². The van der Waals surface area contributed by atoms with E-state index >= 15 is 0 Å². The third kappa shape index (κ3) is 8.12. The number of rotatable bonds is 14. The third-order valence-corrected chi connectivity index (χ3v) is 6.25. The van der Waals surface area contributed by atoms with Crippen molar-refractivity contribution >= 4 is 11.7 Å². The van der Waals surface area contributed by atoms with Crippen molar-refractivity contribution in [3.8, 4) is 17.1 Å². The van der Waals surface area contributed by atoms with Crippen LogP contribution in [0.5, 0.6) is 5.88 Å². The maximum atomic E-state index is 12.3. The Morgan fingerprint density at radius 2 is 1.81 bits per heavy atom. The van der Waals surface area contributed by atoms with E-state index in [1.54, 1.807) is 18.3 Å². The van der Waals surface area contributed by atoms with Crippen LogP contribution in [0.4, 0.5) is 5.82 Å². The third-order valence-electron chi connectivity index (χ3n) is 6.25. The molecule has 3 heterocycles. The molecule has 1 fully saturated rings. The van der Waals surface area contributed by atoms with Gasteiger partial charge in [-0.1, -0.05) is 6.92 Å². The molecule has 2 aromatic heterocycles. The molecule has 0 spiro atoms. The Morgan fingerprint density at radius 3 is 2.43 bits per heavy atom. The number of pyridine rings is 2. The van der Waals surface area contributed by atoms with Gasteiger partial charge in [0.25, 0.3) is 5.91 Å². The molecular weight excluding hydrogens is 472 g/mol. The number of aryl methyl sites for hydroxylation is 1. The molecule has 0 unspecified atom stereocenters. The fraction of sp³-hybridized carbons (Fsp3) is 0.607. The van der Waals surface area contributed by atoms with Crippen molar-refractivity contribution in [1.82, 2.24) is 9.97 Å². The van der Waals surface area contributed by atoms with Gasteiger partial charge in [0, 0.05) is 18.3 Å². The predicted octanol–water partition coefficient (Wildman–Crippen LogP) is 4.01. The zero-order chi connectivity index (χ0) is 27.0. The molecule has 0 saturated carbocycles. The number of hydrogen-bond donors (Lipinski definition) is 1. The molecule has 1 aliphatic heterocycles. The zero-order valence-electron chi connectivity index (χ0n) is 23.1. The van der Waals surface area contributed by atoms with E-state index in [4.69, 9.17) is 29.7 Å². The molecule has 1 aliphatic rings. The van der Waals surface area contributed by atoms with Crippen LogP contribution < -0.4 is 15.4 Å². The van der Waals surface area contributed by atoms with Crippen molar-refractivity contribution in [1.29, 1.82) is 0 Å². The van der Waals surface area contributed by atoms with Crippen LogP contribution in [-0.2, 0) is 14.2 Å². The van der Waals surface area contributed by atoms with Crippen molar-refractivity contribution in [2.75, 3.05) is 51.1 Å². The number of carbonyl (C=O) groups is 1. The summed E-state index contributed by atoms with van der Waals surface area (Å²) in [7, 11) is 0. The van der Waals surface area contributed by atoms with Crippen LogP contribution in [0.15, 0.2) is 24.4 Å². The Balaban J connectivity index is 1.67. The van der Waals surface area contributed by atoms with Gasteiger partial charge < -0.3 is 29.6 Å². The smallest absolute Gasteiger partial charge is 0.252 e. The highest BCUT2D eigenvalue weighted by Gasteiger charge is 2.38. The van der Waals surface area contributed by atoms with E-state index in [9.17, 15) is 4.79 Å². The Bertz CT molecular complexity index is 1040. The van der Waals surface area contributed by atoms with Gasteiger partial charge in [-0.2, -0.15) is 0 Å². The van der Waals surface area contributed by atoms with Crippen molar-refractivity contribution in [3.05, 3.63) is 35.5 Å². The molecule has 37 heavy (non-hydrogen) atoms. The van der Waals surface area contributed by atoms with E-state index < -0.39 is 5.91 Å². The minimum absolute atomic E-state index is 0.137. The number of amides is 1. The molecule has 0 aromatic carbocycles. The lowest BCUT2D eigenvalue weighted by molar-refractivity contribution is -0.00479. The second-order valence-electron chi connectivity index (χ2n) is 10.5. The molecule has 1 atom stereocenters. The van der Waals surface area contributed by atoms with Gasteiger partial charge in [-0.25, -0.2) is 9.97 Å². The molecule has 0 aliphatic carbocycles. The molecule has 2 N–H and O–H groups in total. The minimum atomic E-state index is -0.489. The van der Waals surface area contributed by atoms with Crippen LogP contribution in [0.1, 0.15) is 57.0 Å². The van der Waals surface area contributed by atoms with Crippen molar-refractivity contribution in [2.24, 2.45) is 11.7 Å². The Kier molecular flexibility index (Phi) is 10.3. The van der Waals surface area contributed by atoms with Crippen molar-refractivity contribution in [2.45, 2.75) is 59.6 Å². The molecule has 1 amide bonds. The molecule has 204 valence electrons. The first-order valence-electron chi connectivity index (χ1n) is 13.0. The summed E-state index contributed by atoms with van der Waals surface area (Å²) in [4.78, 5) is 23.9. The van der Waals surface area contributed by atoms with Gasteiger partial charge in [-0.05, 0) is 70.7 Å². The van der Waals surface area contributed by atoms with Crippen LogP contribution in [-0.4, -0.2) is 73.7 Å². The fourth-order valence-electron chi connectivity index (χ4n) is 4.67. The first-order chi connectivity index (χ1) is 17.6. The molecule has 1 saturated heterocycles. The van der Waals surface area contributed by atoms with Crippen LogP contribution >= 0.6 is 0 Å². The Labute approximate surface area is 220 Å². The summed E-state index contributed by atoms with van der Waals surface area (Å²) in [5.74, 6) is 1.07. The average molecular weight is 515 g/mol. The summed E-state index contributed by atoms with van der Waals surface area (Å²) < 4.78 is 22.5. The number of carbonyl (C=O) groups excluding carboxylic acids is 1.